The third kappa shape index (κ3) is 2.21. The molecule has 0 aliphatic carbocycles. The second-order valence-corrected chi connectivity index (χ2v) is 2.98. The lowest BCUT2D eigenvalue weighted by Gasteiger charge is -2.10. The second-order valence-electron chi connectivity index (χ2n) is 2.54. The van der Waals surface area contributed by atoms with Gasteiger partial charge >= 0.3 is 0 Å². The minimum absolute atomic E-state index is 0.0951. The van der Waals surface area contributed by atoms with Crippen molar-refractivity contribution in [2.45, 2.75) is 5.92 Å². The molecule has 65 valence electrons. The Labute approximate surface area is 77.0 Å². The molecule has 0 bridgehead atoms. The summed E-state index contributed by atoms with van der Waals surface area (Å²) in [5.41, 5.74) is 6.41. The van der Waals surface area contributed by atoms with E-state index in [-0.39, 0.29) is 5.92 Å². The summed E-state index contributed by atoms with van der Waals surface area (Å²) in [6.07, 6.45) is 0. The Hall–Kier alpha value is -0.570. The zero-order valence-electron chi connectivity index (χ0n) is 6.57. The summed E-state index contributed by atoms with van der Waals surface area (Å²) in [4.78, 5) is 0. The fourth-order valence-corrected chi connectivity index (χ4v) is 1.12. The van der Waals surface area contributed by atoms with Gasteiger partial charge in [0.25, 0.3) is 0 Å². The SMILES string of the molecule is NCC([CH]O)c1ccc(Cl)cc1. The molecule has 12 heavy (non-hydrogen) atoms. The summed E-state index contributed by atoms with van der Waals surface area (Å²) >= 11 is 5.70. The third-order valence-electron chi connectivity index (χ3n) is 1.73. The molecule has 1 aromatic carbocycles. The number of aliphatic hydroxyl groups excluding tert-OH is 1. The van der Waals surface area contributed by atoms with Crippen molar-refractivity contribution in [3.05, 3.63) is 41.5 Å². The zero-order chi connectivity index (χ0) is 8.97. The smallest absolute Gasteiger partial charge is 0.0886 e. The van der Waals surface area contributed by atoms with Crippen LogP contribution in [-0.4, -0.2) is 11.7 Å². The first kappa shape index (κ1) is 9.52. The lowest BCUT2D eigenvalue weighted by atomic mass is 10.0. The third-order valence-corrected chi connectivity index (χ3v) is 1.98. The molecule has 1 radical (unpaired) electrons. The normalized spacial score (nSPS) is 12.9. The Bertz CT molecular complexity index is 231. The summed E-state index contributed by atoms with van der Waals surface area (Å²) in [5.74, 6) is -0.0951. The van der Waals surface area contributed by atoms with E-state index in [1.807, 2.05) is 12.1 Å². The number of hydrogen-bond acceptors (Lipinski definition) is 2. The van der Waals surface area contributed by atoms with E-state index < -0.39 is 0 Å². The van der Waals surface area contributed by atoms with Gasteiger partial charge in [0.1, 0.15) is 0 Å². The van der Waals surface area contributed by atoms with Gasteiger partial charge in [0.15, 0.2) is 0 Å². The predicted octanol–water partition coefficient (Wildman–Crippen LogP) is 1.92. The van der Waals surface area contributed by atoms with Crippen molar-refractivity contribution in [3.8, 4) is 0 Å². The maximum absolute atomic E-state index is 8.81. The van der Waals surface area contributed by atoms with Crippen LogP contribution in [0, 0.1) is 6.61 Å². The van der Waals surface area contributed by atoms with E-state index in [1.54, 1.807) is 12.1 Å². The van der Waals surface area contributed by atoms with Gasteiger partial charge in [-0.25, -0.2) is 0 Å². The van der Waals surface area contributed by atoms with Gasteiger partial charge in [-0.1, -0.05) is 23.7 Å². The molecule has 1 aromatic rings. The Morgan fingerprint density at radius 3 is 2.42 bits per heavy atom. The highest BCUT2D eigenvalue weighted by Crippen LogP contribution is 2.18. The van der Waals surface area contributed by atoms with Crippen LogP contribution in [0.15, 0.2) is 24.3 Å². The van der Waals surface area contributed by atoms with Gasteiger partial charge in [-0.15, -0.1) is 0 Å². The van der Waals surface area contributed by atoms with Crippen LogP contribution in [0.2, 0.25) is 5.02 Å². The van der Waals surface area contributed by atoms with Crippen LogP contribution >= 0.6 is 11.6 Å². The van der Waals surface area contributed by atoms with Gasteiger partial charge in [0.2, 0.25) is 0 Å². The molecule has 0 fully saturated rings. The van der Waals surface area contributed by atoms with Crippen LogP contribution in [0.5, 0.6) is 0 Å². The number of rotatable bonds is 3. The summed E-state index contributed by atoms with van der Waals surface area (Å²) in [5, 5.41) is 9.50. The molecule has 1 atom stereocenters. The molecule has 0 heterocycles. The lowest BCUT2D eigenvalue weighted by Crippen LogP contribution is -2.12. The monoisotopic (exact) mass is 184 g/mol. The molecule has 0 amide bonds. The van der Waals surface area contributed by atoms with Gasteiger partial charge < -0.3 is 10.8 Å². The van der Waals surface area contributed by atoms with E-state index in [1.165, 1.54) is 0 Å². The molecular weight excluding hydrogens is 174 g/mol. The van der Waals surface area contributed by atoms with Crippen LogP contribution < -0.4 is 5.73 Å². The highest BCUT2D eigenvalue weighted by molar-refractivity contribution is 6.30. The average Bonchev–Trinajstić information content (AvgIpc) is 2.10. The first-order valence-electron chi connectivity index (χ1n) is 3.71. The minimum atomic E-state index is -0.0951. The van der Waals surface area contributed by atoms with Crippen molar-refractivity contribution in [2.75, 3.05) is 6.54 Å². The minimum Gasteiger partial charge on any atom is -0.390 e. The molecule has 1 rings (SSSR count). The largest absolute Gasteiger partial charge is 0.390 e. The van der Waals surface area contributed by atoms with Crippen LogP contribution in [0.1, 0.15) is 11.5 Å². The highest BCUT2D eigenvalue weighted by atomic mass is 35.5. The first-order valence-corrected chi connectivity index (χ1v) is 4.09. The van der Waals surface area contributed by atoms with Crippen molar-refractivity contribution in [3.63, 3.8) is 0 Å². The summed E-state index contributed by atoms with van der Waals surface area (Å²) in [7, 11) is 0. The van der Waals surface area contributed by atoms with Gasteiger partial charge in [-0.3, -0.25) is 0 Å². The van der Waals surface area contributed by atoms with E-state index in [9.17, 15) is 0 Å². The van der Waals surface area contributed by atoms with Crippen molar-refractivity contribution in [1.82, 2.24) is 0 Å². The van der Waals surface area contributed by atoms with Crippen molar-refractivity contribution < 1.29 is 5.11 Å². The van der Waals surface area contributed by atoms with E-state index >= 15 is 0 Å². The van der Waals surface area contributed by atoms with Crippen LogP contribution in [0.4, 0.5) is 0 Å². The van der Waals surface area contributed by atoms with Crippen LogP contribution in [-0.2, 0) is 0 Å². The molecule has 2 nitrogen and oxygen atoms in total. The molecule has 1 unspecified atom stereocenters. The van der Waals surface area contributed by atoms with Gasteiger partial charge in [0.05, 0.1) is 6.61 Å². The average molecular weight is 185 g/mol. The Balaban J connectivity index is 2.80. The van der Waals surface area contributed by atoms with E-state index in [4.69, 9.17) is 22.4 Å². The molecular formula is C9H11ClNO. The highest BCUT2D eigenvalue weighted by Gasteiger charge is 2.07. The van der Waals surface area contributed by atoms with E-state index in [0.717, 1.165) is 12.2 Å². The van der Waals surface area contributed by atoms with E-state index in [2.05, 4.69) is 0 Å². The summed E-state index contributed by atoms with van der Waals surface area (Å²) in [6, 6.07) is 7.27. The lowest BCUT2D eigenvalue weighted by molar-refractivity contribution is 0.355. The number of hydrogen-bond donors (Lipinski definition) is 2. The number of nitrogens with two attached hydrogens (primary N) is 1. The van der Waals surface area contributed by atoms with Crippen LogP contribution in [0.25, 0.3) is 0 Å². The van der Waals surface area contributed by atoms with E-state index in [0.29, 0.717) is 11.6 Å². The molecule has 3 heteroatoms. The molecule has 3 N–H and O–H groups in total. The molecule has 0 saturated carbocycles. The quantitative estimate of drug-likeness (QED) is 0.754. The Morgan fingerprint density at radius 1 is 1.42 bits per heavy atom. The molecule has 0 saturated heterocycles. The fraction of sp³-hybridized carbons (Fsp3) is 0.222. The fourth-order valence-electron chi connectivity index (χ4n) is 0.993. The Kier molecular flexibility index (Phi) is 3.53. The standard InChI is InChI=1S/C9H11ClNO/c10-9-3-1-7(2-4-9)8(5-11)6-12/h1-4,6,8,12H,5,11H2. The van der Waals surface area contributed by atoms with Crippen molar-refractivity contribution in [2.24, 2.45) is 5.73 Å². The van der Waals surface area contributed by atoms with Crippen molar-refractivity contribution in [1.29, 1.82) is 0 Å². The second kappa shape index (κ2) is 4.45. The predicted molar refractivity (Wildman–Crippen MR) is 49.5 cm³/mol. The molecule has 0 aromatic heterocycles. The molecule has 0 spiro atoms. The number of benzene rings is 1. The first-order chi connectivity index (χ1) is 5.77. The number of halogens is 1. The van der Waals surface area contributed by atoms with Crippen molar-refractivity contribution >= 4 is 11.6 Å². The van der Waals surface area contributed by atoms with Crippen LogP contribution in [0.3, 0.4) is 0 Å². The summed E-state index contributed by atoms with van der Waals surface area (Å²) < 4.78 is 0. The topological polar surface area (TPSA) is 46.2 Å². The molecule has 0 aliphatic heterocycles. The Morgan fingerprint density at radius 2 is 2.00 bits per heavy atom. The maximum atomic E-state index is 8.81. The van der Waals surface area contributed by atoms with Gasteiger partial charge in [-0.2, -0.15) is 0 Å². The van der Waals surface area contributed by atoms with Gasteiger partial charge in [-0.05, 0) is 17.7 Å². The maximum Gasteiger partial charge on any atom is 0.0886 e. The zero-order valence-corrected chi connectivity index (χ0v) is 7.33. The van der Waals surface area contributed by atoms with Gasteiger partial charge in [0, 0.05) is 17.5 Å². The summed E-state index contributed by atoms with van der Waals surface area (Å²) in [6.45, 7) is 1.50. The number of aliphatic hydroxyl groups is 1. The molecule has 0 aliphatic rings.